The minimum atomic E-state index is -3.47. The van der Waals surface area contributed by atoms with E-state index in [2.05, 4.69) is 4.72 Å². The Bertz CT molecular complexity index is 546. The van der Waals surface area contributed by atoms with E-state index in [1.54, 1.807) is 6.92 Å². The molecule has 1 rings (SSSR count). The van der Waals surface area contributed by atoms with Crippen LogP contribution in [0.4, 0.5) is 8.78 Å². The molecular formula is C14H21F2NO2S. The van der Waals surface area contributed by atoms with Crippen molar-refractivity contribution in [3.05, 3.63) is 35.4 Å². The first-order valence-electron chi connectivity index (χ1n) is 6.77. The van der Waals surface area contributed by atoms with Crippen molar-refractivity contribution in [1.29, 1.82) is 0 Å². The van der Waals surface area contributed by atoms with E-state index in [9.17, 15) is 17.2 Å². The van der Waals surface area contributed by atoms with E-state index < -0.39 is 32.9 Å². The summed E-state index contributed by atoms with van der Waals surface area (Å²) in [7, 11) is -3.47. The Hall–Kier alpha value is -1.01. The van der Waals surface area contributed by atoms with Gasteiger partial charge in [0.2, 0.25) is 10.0 Å². The maximum atomic E-state index is 13.2. The van der Waals surface area contributed by atoms with Gasteiger partial charge < -0.3 is 0 Å². The maximum absolute atomic E-state index is 13.2. The number of hydrogen-bond acceptors (Lipinski definition) is 2. The molecule has 0 saturated carbocycles. The number of benzene rings is 1. The Morgan fingerprint density at radius 1 is 1.20 bits per heavy atom. The molecule has 0 aromatic heterocycles. The van der Waals surface area contributed by atoms with Crippen LogP contribution in [0.25, 0.3) is 0 Å². The van der Waals surface area contributed by atoms with E-state index in [0.29, 0.717) is 18.4 Å². The molecule has 0 amide bonds. The highest BCUT2D eigenvalue weighted by Gasteiger charge is 2.25. The third-order valence-corrected chi connectivity index (χ3v) is 5.42. The van der Waals surface area contributed by atoms with Gasteiger partial charge in [-0.15, -0.1) is 0 Å². The smallest absolute Gasteiger partial charge is 0.212 e. The van der Waals surface area contributed by atoms with Crippen LogP contribution in [0.5, 0.6) is 0 Å². The molecule has 0 spiro atoms. The molecule has 1 aromatic rings. The molecule has 0 heterocycles. The molecule has 0 bridgehead atoms. The van der Waals surface area contributed by atoms with E-state index in [-0.39, 0.29) is 0 Å². The Morgan fingerprint density at radius 2 is 1.85 bits per heavy atom. The highest BCUT2D eigenvalue weighted by molar-refractivity contribution is 7.90. The lowest BCUT2D eigenvalue weighted by Crippen LogP contribution is -2.35. The zero-order valence-electron chi connectivity index (χ0n) is 12.0. The Kier molecular flexibility index (Phi) is 6.07. The fourth-order valence-corrected chi connectivity index (χ4v) is 3.90. The summed E-state index contributed by atoms with van der Waals surface area (Å²) in [5.74, 6) is -1.92. The molecule has 0 saturated heterocycles. The predicted molar refractivity (Wildman–Crippen MR) is 75.8 cm³/mol. The van der Waals surface area contributed by atoms with Gasteiger partial charge >= 0.3 is 0 Å². The molecule has 0 aliphatic carbocycles. The lowest BCUT2D eigenvalue weighted by Gasteiger charge is -2.20. The first-order chi connectivity index (χ1) is 9.31. The fraction of sp³-hybridized carbons (Fsp3) is 0.571. The third kappa shape index (κ3) is 4.24. The number of nitrogens with one attached hydrogen (secondary N) is 1. The second-order valence-electron chi connectivity index (χ2n) is 4.88. The Labute approximate surface area is 119 Å². The predicted octanol–water partition coefficient (Wildman–Crippen LogP) is 3.52. The molecule has 0 radical (unpaired) electrons. The molecule has 0 fully saturated rings. The summed E-state index contributed by atoms with van der Waals surface area (Å²) >= 11 is 0. The Balaban J connectivity index is 2.88. The highest BCUT2D eigenvalue weighted by Crippen LogP contribution is 2.19. The van der Waals surface area contributed by atoms with Crippen molar-refractivity contribution in [1.82, 2.24) is 4.72 Å². The van der Waals surface area contributed by atoms with E-state index in [4.69, 9.17) is 0 Å². The van der Waals surface area contributed by atoms with E-state index in [1.807, 2.05) is 13.8 Å². The summed E-state index contributed by atoms with van der Waals surface area (Å²) in [6, 6.07) is 2.80. The first kappa shape index (κ1) is 17.0. The number of sulfonamides is 1. The minimum Gasteiger partial charge on any atom is -0.212 e. The molecule has 0 aliphatic rings. The average Bonchev–Trinajstić information content (AvgIpc) is 2.38. The molecule has 0 aliphatic heterocycles. The van der Waals surface area contributed by atoms with Crippen molar-refractivity contribution in [3.8, 4) is 0 Å². The van der Waals surface area contributed by atoms with Crippen molar-refractivity contribution in [2.24, 2.45) is 0 Å². The topological polar surface area (TPSA) is 46.2 Å². The van der Waals surface area contributed by atoms with Gasteiger partial charge in [0, 0.05) is 6.04 Å². The molecular weight excluding hydrogens is 284 g/mol. The van der Waals surface area contributed by atoms with Gasteiger partial charge in [-0.05, 0) is 37.5 Å². The molecule has 20 heavy (non-hydrogen) atoms. The summed E-state index contributed by atoms with van der Waals surface area (Å²) in [6.07, 6.45) is 1.88. The van der Waals surface area contributed by atoms with Gasteiger partial charge in [0.15, 0.2) is 11.6 Å². The Morgan fingerprint density at radius 3 is 2.35 bits per heavy atom. The van der Waals surface area contributed by atoms with Gasteiger partial charge in [0.25, 0.3) is 0 Å². The minimum absolute atomic E-state index is 0.402. The standard InChI is InChI=1S/C14H21F2NO2S/c1-4-6-12(5-2)20(18,19)17-10(3)11-7-8-13(15)14(16)9-11/h7-10,12,17H,4-6H2,1-3H3/t10-,12-/m1/s1. The van der Waals surface area contributed by atoms with Crippen LogP contribution in [0.3, 0.4) is 0 Å². The van der Waals surface area contributed by atoms with Crippen molar-refractivity contribution in [2.75, 3.05) is 0 Å². The van der Waals surface area contributed by atoms with Crippen LogP contribution in [0, 0.1) is 11.6 Å². The van der Waals surface area contributed by atoms with Crippen LogP contribution in [-0.4, -0.2) is 13.7 Å². The second-order valence-corrected chi connectivity index (χ2v) is 6.87. The lowest BCUT2D eigenvalue weighted by molar-refractivity contribution is 0.503. The molecule has 6 heteroatoms. The molecule has 3 nitrogen and oxygen atoms in total. The molecule has 1 aromatic carbocycles. The molecule has 1 N–H and O–H groups in total. The number of halogens is 2. The lowest BCUT2D eigenvalue weighted by atomic mass is 10.1. The molecule has 2 atom stereocenters. The van der Waals surface area contributed by atoms with Crippen LogP contribution in [-0.2, 0) is 10.0 Å². The monoisotopic (exact) mass is 305 g/mol. The quantitative estimate of drug-likeness (QED) is 0.837. The summed E-state index contributed by atoms with van der Waals surface area (Å²) in [4.78, 5) is 0. The number of hydrogen-bond donors (Lipinski definition) is 1. The van der Waals surface area contributed by atoms with Crippen LogP contribution in [0.1, 0.15) is 51.6 Å². The SMILES string of the molecule is CCC[C@@H](CC)S(=O)(=O)N[C@H](C)c1ccc(F)c(F)c1. The van der Waals surface area contributed by atoms with Gasteiger partial charge in [0.05, 0.1) is 5.25 Å². The van der Waals surface area contributed by atoms with Crippen LogP contribution in [0.15, 0.2) is 18.2 Å². The van der Waals surface area contributed by atoms with Gasteiger partial charge in [-0.3, -0.25) is 0 Å². The largest absolute Gasteiger partial charge is 0.215 e. The van der Waals surface area contributed by atoms with Gasteiger partial charge in [0.1, 0.15) is 0 Å². The van der Waals surface area contributed by atoms with Crippen LogP contribution in [0.2, 0.25) is 0 Å². The highest BCUT2D eigenvalue weighted by atomic mass is 32.2. The molecule has 114 valence electrons. The van der Waals surface area contributed by atoms with Gasteiger partial charge in [-0.25, -0.2) is 21.9 Å². The van der Waals surface area contributed by atoms with Crippen molar-refractivity contribution < 1.29 is 17.2 Å². The van der Waals surface area contributed by atoms with Crippen molar-refractivity contribution >= 4 is 10.0 Å². The summed E-state index contributed by atoms with van der Waals surface area (Å²) in [5.41, 5.74) is 0.402. The maximum Gasteiger partial charge on any atom is 0.215 e. The third-order valence-electron chi connectivity index (χ3n) is 3.29. The van der Waals surface area contributed by atoms with Crippen LogP contribution >= 0.6 is 0 Å². The first-order valence-corrected chi connectivity index (χ1v) is 8.32. The van der Waals surface area contributed by atoms with Crippen LogP contribution < -0.4 is 4.72 Å². The fourth-order valence-electron chi connectivity index (χ4n) is 2.09. The van der Waals surface area contributed by atoms with Gasteiger partial charge in [-0.2, -0.15) is 0 Å². The van der Waals surface area contributed by atoms with Crippen molar-refractivity contribution in [2.45, 2.75) is 51.3 Å². The zero-order valence-corrected chi connectivity index (χ0v) is 12.8. The van der Waals surface area contributed by atoms with Gasteiger partial charge in [-0.1, -0.05) is 26.3 Å². The van der Waals surface area contributed by atoms with Crippen molar-refractivity contribution in [3.63, 3.8) is 0 Å². The average molecular weight is 305 g/mol. The zero-order chi connectivity index (χ0) is 15.3. The van der Waals surface area contributed by atoms with E-state index >= 15 is 0 Å². The van der Waals surface area contributed by atoms with E-state index in [0.717, 1.165) is 18.6 Å². The molecule has 0 unspecified atom stereocenters. The summed E-state index contributed by atoms with van der Waals surface area (Å²) < 4.78 is 53.0. The number of rotatable bonds is 7. The van der Waals surface area contributed by atoms with E-state index in [1.165, 1.54) is 6.07 Å². The normalized spacial score (nSPS) is 15.1. The second kappa shape index (κ2) is 7.13. The summed E-state index contributed by atoms with van der Waals surface area (Å²) in [6.45, 7) is 5.36. The summed E-state index contributed by atoms with van der Waals surface area (Å²) in [5, 5.41) is -0.458.